The van der Waals surface area contributed by atoms with Gasteiger partial charge in [0.15, 0.2) is 0 Å². The van der Waals surface area contributed by atoms with Crippen LogP contribution in [0.4, 0.5) is 0 Å². The van der Waals surface area contributed by atoms with Gasteiger partial charge in [-0.25, -0.2) is 13.4 Å². The van der Waals surface area contributed by atoms with Crippen LogP contribution in [0, 0.1) is 5.92 Å². The maximum atomic E-state index is 13.0. The van der Waals surface area contributed by atoms with E-state index in [9.17, 15) is 13.2 Å². The number of thiazole rings is 1. The van der Waals surface area contributed by atoms with Gasteiger partial charge in [0.25, 0.3) is 0 Å². The fraction of sp³-hybridized carbons (Fsp3) is 0.304. The molecule has 0 N–H and O–H groups in total. The van der Waals surface area contributed by atoms with Crippen molar-refractivity contribution < 1.29 is 22.7 Å². The van der Waals surface area contributed by atoms with E-state index in [0.29, 0.717) is 30.8 Å². The first-order chi connectivity index (χ1) is 15.5. The Kier molecular flexibility index (Phi) is 6.88. The average molecular weight is 473 g/mol. The van der Waals surface area contributed by atoms with Crippen LogP contribution >= 0.6 is 11.3 Å². The van der Waals surface area contributed by atoms with Crippen LogP contribution in [0.25, 0.3) is 10.6 Å². The molecule has 1 unspecified atom stereocenters. The number of carbonyl (C=O) groups is 1. The van der Waals surface area contributed by atoms with Crippen LogP contribution in [0.2, 0.25) is 0 Å². The maximum Gasteiger partial charge on any atom is 0.310 e. The number of hydrogen-bond acceptors (Lipinski definition) is 7. The molecule has 1 aliphatic heterocycles. The topological polar surface area (TPSA) is 85.8 Å². The van der Waals surface area contributed by atoms with E-state index in [1.54, 1.807) is 12.1 Å². The number of piperidine rings is 1. The highest BCUT2D eigenvalue weighted by atomic mass is 32.2. The van der Waals surface area contributed by atoms with Gasteiger partial charge in [-0.2, -0.15) is 4.31 Å². The van der Waals surface area contributed by atoms with Gasteiger partial charge in [0.1, 0.15) is 17.4 Å². The molecule has 0 aliphatic carbocycles. The summed E-state index contributed by atoms with van der Waals surface area (Å²) in [6, 6.07) is 16.1. The second-order valence-electron chi connectivity index (χ2n) is 7.50. The minimum absolute atomic E-state index is 0.0733. The van der Waals surface area contributed by atoms with Crippen molar-refractivity contribution in [1.82, 2.24) is 9.29 Å². The summed E-state index contributed by atoms with van der Waals surface area (Å²) in [5.41, 5.74) is 1.70. The van der Waals surface area contributed by atoms with Crippen LogP contribution in [0.3, 0.4) is 0 Å². The monoisotopic (exact) mass is 472 g/mol. The minimum Gasteiger partial charge on any atom is -0.497 e. The lowest BCUT2D eigenvalue weighted by atomic mass is 10.00. The highest BCUT2D eigenvalue weighted by molar-refractivity contribution is 7.89. The van der Waals surface area contributed by atoms with Gasteiger partial charge in [-0.15, -0.1) is 11.3 Å². The highest BCUT2D eigenvalue weighted by Gasteiger charge is 2.34. The third-order valence-electron chi connectivity index (χ3n) is 5.35. The van der Waals surface area contributed by atoms with E-state index < -0.39 is 21.9 Å². The zero-order valence-corrected chi connectivity index (χ0v) is 19.3. The highest BCUT2D eigenvalue weighted by Crippen LogP contribution is 2.27. The molecule has 0 amide bonds. The second-order valence-corrected chi connectivity index (χ2v) is 10.3. The fourth-order valence-corrected chi connectivity index (χ4v) is 5.93. The predicted octanol–water partition coefficient (Wildman–Crippen LogP) is 3.96. The number of methoxy groups -OCH3 is 1. The standard InChI is InChI=1S/C23H24N2O5S2/c1-29-20-9-11-21(12-10-20)32(27,28)25-13-5-8-18(14-25)23(26)30-15-19-16-31-22(24-19)17-6-3-2-4-7-17/h2-4,6-7,9-12,16,18H,5,8,13-15H2,1H3. The lowest BCUT2D eigenvalue weighted by Crippen LogP contribution is -2.42. The third-order valence-corrected chi connectivity index (χ3v) is 8.17. The van der Waals surface area contributed by atoms with E-state index in [1.165, 1.54) is 34.9 Å². The number of esters is 1. The van der Waals surface area contributed by atoms with Gasteiger partial charge in [0.05, 0.1) is 23.6 Å². The molecule has 168 valence electrons. The first-order valence-electron chi connectivity index (χ1n) is 10.3. The Bertz CT molecular complexity index is 1160. The zero-order valence-electron chi connectivity index (χ0n) is 17.6. The molecular formula is C23H24N2O5S2. The molecule has 2 heterocycles. The van der Waals surface area contributed by atoms with Crippen LogP contribution in [-0.2, 0) is 26.2 Å². The first-order valence-corrected chi connectivity index (χ1v) is 12.6. The minimum atomic E-state index is -3.69. The van der Waals surface area contributed by atoms with Crippen molar-refractivity contribution >= 4 is 27.3 Å². The maximum absolute atomic E-state index is 13.0. The molecule has 1 aliphatic rings. The lowest BCUT2D eigenvalue weighted by Gasteiger charge is -2.30. The van der Waals surface area contributed by atoms with E-state index in [-0.39, 0.29) is 18.0 Å². The Balaban J connectivity index is 1.37. The number of sulfonamides is 1. The largest absolute Gasteiger partial charge is 0.497 e. The Hall–Kier alpha value is -2.75. The van der Waals surface area contributed by atoms with Gasteiger partial charge in [0.2, 0.25) is 10.0 Å². The molecule has 3 aromatic rings. The summed E-state index contributed by atoms with van der Waals surface area (Å²) in [5, 5.41) is 2.74. The van der Waals surface area contributed by atoms with Crippen molar-refractivity contribution in [2.45, 2.75) is 24.3 Å². The van der Waals surface area contributed by atoms with Crippen molar-refractivity contribution in [2.75, 3.05) is 20.2 Å². The molecule has 2 aromatic carbocycles. The van der Waals surface area contributed by atoms with Crippen molar-refractivity contribution in [3.8, 4) is 16.3 Å². The van der Waals surface area contributed by atoms with Crippen molar-refractivity contribution in [1.29, 1.82) is 0 Å². The van der Waals surface area contributed by atoms with Crippen LogP contribution in [-0.4, -0.2) is 43.9 Å². The van der Waals surface area contributed by atoms with Gasteiger partial charge in [-0.1, -0.05) is 30.3 Å². The van der Waals surface area contributed by atoms with E-state index >= 15 is 0 Å². The number of carbonyl (C=O) groups excluding carboxylic acids is 1. The fourth-order valence-electron chi connectivity index (χ4n) is 3.60. The van der Waals surface area contributed by atoms with Gasteiger partial charge in [-0.3, -0.25) is 4.79 Å². The molecule has 1 saturated heterocycles. The zero-order chi connectivity index (χ0) is 22.6. The molecule has 0 spiro atoms. The molecule has 1 aromatic heterocycles. The third kappa shape index (κ3) is 5.01. The summed E-state index contributed by atoms with van der Waals surface area (Å²) in [6.07, 6.45) is 1.20. The number of benzene rings is 2. The van der Waals surface area contributed by atoms with Gasteiger partial charge in [0, 0.05) is 24.0 Å². The molecule has 1 atom stereocenters. The van der Waals surface area contributed by atoms with E-state index in [1.807, 2.05) is 35.7 Å². The summed E-state index contributed by atoms with van der Waals surface area (Å²) in [7, 11) is -2.16. The molecule has 32 heavy (non-hydrogen) atoms. The Morgan fingerprint density at radius 3 is 2.62 bits per heavy atom. The van der Waals surface area contributed by atoms with Crippen LogP contribution in [0.5, 0.6) is 5.75 Å². The van der Waals surface area contributed by atoms with Gasteiger partial charge < -0.3 is 9.47 Å². The molecule has 7 nitrogen and oxygen atoms in total. The van der Waals surface area contributed by atoms with E-state index in [4.69, 9.17) is 9.47 Å². The van der Waals surface area contributed by atoms with Gasteiger partial charge >= 0.3 is 5.97 Å². The average Bonchev–Trinajstić information content (AvgIpc) is 3.32. The molecular weight excluding hydrogens is 448 g/mol. The quantitative estimate of drug-likeness (QED) is 0.484. The smallest absolute Gasteiger partial charge is 0.310 e. The lowest BCUT2D eigenvalue weighted by molar-refractivity contribution is -0.151. The number of ether oxygens (including phenoxy) is 2. The number of nitrogens with zero attached hydrogens (tertiary/aromatic N) is 2. The summed E-state index contributed by atoms with van der Waals surface area (Å²) in [6.45, 7) is 0.564. The molecule has 0 bridgehead atoms. The van der Waals surface area contributed by atoms with Crippen LogP contribution in [0.1, 0.15) is 18.5 Å². The number of hydrogen-bond donors (Lipinski definition) is 0. The summed E-state index contributed by atoms with van der Waals surface area (Å²) < 4.78 is 37.9. The van der Waals surface area contributed by atoms with Crippen molar-refractivity contribution in [2.24, 2.45) is 5.92 Å². The molecule has 0 saturated carbocycles. The van der Waals surface area contributed by atoms with Crippen molar-refractivity contribution in [3.05, 3.63) is 65.7 Å². The van der Waals surface area contributed by atoms with E-state index in [0.717, 1.165) is 10.6 Å². The number of rotatable bonds is 7. The SMILES string of the molecule is COc1ccc(S(=O)(=O)N2CCCC(C(=O)OCc3csc(-c4ccccc4)n3)C2)cc1. The second kappa shape index (κ2) is 9.81. The summed E-state index contributed by atoms with van der Waals surface area (Å²) in [4.78, 5) is 17.4. The van der Waals surface area contributed by atoms with Crippen LogP contribution in [0.15, 0.2) is 64.9 Å². The predicted molar refractivity (Wildman–Crippen MR) is 122 cm³/mol. The molecule has 1 fully saturated rings. The Morgan fingerprint density at radius 2 is 1.91 bits per heavy atom. The van der Waals surface area contributed by atoms with Gasteiger partial charge in [-0.05, 0) is 37.1 Å². The Labute approximate surface area is 191 Å². The molecule has 4 rings (SSSR count). The van der Waals surface area contributed by atoms with E-state index in [2.05, 4.69) is 4.98 Å². The van der Waals surface area contributed by atoms with Crippen LogP contribution < -0.4 is 4.74 Å². The van der Waals surface area contributed by atoms with Crippen molar-refractivity contribution in [3.63, 3.8) is 0 Å². The summed E-state index contributed by atoms with van der Waals surface area (Å²) >= 11 is 1.49. The Morgan fingerprint density at radius 1 is 1.16 bits per heavy atom. The molecule has 0 radical (unpaired) electrons. The first kappa shape index (κ1) is 22.4. The summed E-state index contributed by atoms with van der Waals surface area (Å²) in [5.74, 6) is -0.306. The normalized spacial score (nSPS) is 17.1. The molecule has 9 heteroatoms. The number of aromatic nitrogens is 1.